The normalized spacial score (nSPS) is 34.3. The molecule has 3 saturated heterocycles. The van der Waals surface area contributed by atoms with Gasteiger partial charge in [-0.1, -0.05) is 0 Å². The van der Waals surface area contributed by atoms with Crippen LogP contribution < -0.4 is 15.6 Å². The quantitative estimate of drug-likeness (QED) is 0.484. The zero-order valence-corrected chi connectivity index (χ0v) is 20.4. The second-order valence-electron chi connectivity index (χ2n) is 10.9. The Morgan fingerprint density at radius 1 is 1.20 bits per heavy atom. The van der Waals surface area contributed by atoms with Crippen LogP contribution in [-0.2, 0) is 0 Å². The summed E-state index contributed by atoms with van der Waals surface area (Å²) in [6.45, 7) is 3.31. The molecule has 35 heavy (non-hydrogen) atoms. The van der Waals surface area contributed by atoms with Gasteiger partial charge in [0.25, 0.3) is 5.92 Å². The molecule has 1 aromatic heterocycles. The number of hydrazine groups is 1. The van der Waals surface area contributed by atoms with Gasteiger partial charge in [0.2, 0.25) is 0 Å². The fourth-order valence-electron chi connectivity index (χ4n) is 6.84. The summed E-state index contributed by atoms with van der Waals surface area (Å²) in [6.07, 6.45) is 5.16. The van der Waals surface area contributed by atoms with Crippen molar-refractivity contribution in [3.8, 4) is 5.75 Å². The minimum atomic E-state index is -3.16. The Morgan fingerprint density at radius 2 is 2.03 bits per heavy atom. The molecular formula is C25H38F3N5O2. The number of aliphatic hydroxyl groups excluding tert-OH is 1. The highest BCUT2D eigenvalue weighted by Crippen LogP contribution is 2.51. The lowest BCUT2D eigenvalue weighted by molar-refractivity contribution is -0.119. The average molecular weight is 498 g/mol. The first-order chi connectivity index (χ1) is 16.9. The molecule has 4 heterocycles. The number of halogens is 3. The monoisotopic (exact) mass is 497 g/mol. The van der Waals surface area contributed by atoms with Gasteiger partial charge >= 0.3 is 0 Å². The highest BCUT2D eigenvalue weighted by Gasteiger charge is 2.52. The lowest BCUT2D eigenvalue weighted by Crippen LogP contribution is -2.56. The van der Waals surface area contributed by atoms with E-state index in [2.05, 4.69) is 15.8 Å². The summed E-state index contributed by atoms with van der Waals surface area (Å²) in [5.74, 6) is -1.34. The molecule has 3 N–H and O–H groups in total. The van der Waals surface area contributed by atoms with E-state index < -0.39 is 19.1 Å². The van der Waals surface area contributed by atoms with E-state index in [4.69, 9.17) is 9.72 Å². The molecule has 10 heteroatoms. The van der Waals surface area contributed by atoms with Crippen molar-refractivity contribution in [3.05, 3.63) is 24.0 Å². The van der Waals surface area contributed by atoms with Crippen molar-refractivity contribution in [1.29, 1.82) is 0 Å². The van der Waals surface area contributed by atoms with Gasteiger partial charge < -0.3 is 9.84 Å². The number of nitrogens with zero attached hydrogens (tertiary/aromatic N) is 3. The van der Waals surface area contributed by atoms with Crippen LogP contribution in [0, 0.1) is 17.8 Å². The number of pyridine rings is 1. The van der Waals surface area contributed by atoms with E-state index >= 15 is 0 Å². The van der Waals surface area contributed by atoms with E-state index in [0.717, 1.165) is 51.1 Å². The highest BCUT2D eigenvalue weighted by molar-refractivity contribution is 5.24. The minimum Gasteiger partial charge on any atom is -0.486 e. The Morgan fingerprint density at radius 3 is 2.74 bits per heavy atom. The van der Waals surface area contributed by atoms with Gasteiger partial charge in [0.05, 0.1) is 31.2 Å². The number of hydrogen-bond acceptors (Lipinski definition) is 7. The topological polar surface area (TPSA) is 72.9 Å². The molecule has 0 spiro atoms. The molecule has 196 valence electrons. The van der Waals surface area contributed by atoms with Crippen molar-refractivity contribution in [1.82, 2.24) is 25.6 Å². The number of aliphatic hydroxyl groups is 1. The van der Waals surface area contributed by atoms with E-state index in [1.165, 1.54) is 0 Å². The Hall–Kier alpha value is -1.46. The van der Waals surface area contributed by atoms with E-state index in [0.29, 0.717) is 30.0 Å². The minimum absolute atomic E-state index is 0.0407. The molecule has 3 aliphatic heterocycles. The van der Waals surface area contributed by atoms with Crippen LogP contribution in [0.2, 0.25) is 0 Å². The summed E-state index contributed by atoms with van der Waals surface area (Å²) in [5, 5.41) is 9.29. The molecule has 6 atom stereocenters. The Balaban J connectivity index is 1.33. The highest BCUT2D eigenvalue weighted by atomic mass is 19.3. The smallest absolute Gasteiger partial charge is 0.283 e. The van der Waals surface area contributed by atoms with Gasteiger partial charge in [-0.3, -0.25) is 30.0 Å². The standard InChI is InChI=1S/C25H38F3N5O2/c1-16-9-20-19(4-6-22-21(20)11-30-31-22)24(33(16)14-25(27,28)15-34)23-5-3-17(10-29-23)35-18-12-32(13-18)8-2-7-26/h3,5,10,16,18-22,24,30-31,34H,2,4,6-9,11-15H2,1H3/t16-,19?,20?,21?,22?,24+/m1/s1. The van der Waals surface area contributed by atoms with Gasteiger partial charge in [0, 0.05) is 38.3 Å². The zero-order chi connectivity index (χ0) is 24.6. The number of aromatic nitrogens is 1. The van der Waals surface area contributed by atoms with E-state index in [-0.39, 0.29) is 30.8 Å². The largest absolute Gasteiger partial charge is 0.486 e. The van der Waals surface area contributed by atoms with Crippen LogP contribution in [-0.4, -0.2) is 90.0 Å². The lowest BCUT2D eigenvalue weighted by atomic mass is 9.62. The molecule has 7 nitrogen and oxygen atoms in total. The van der Waals surface area contributed by atoms with Crippen molar-refractivity contribution < 1.29 is 23.0 Å². The number of ether oxygens (including phenoxy) is 1. The number of likely N-dealkylation sites (tertiary alicyclic amines) is 2. The van der Waals surface area contributed by atoms with Crippen molar-refractivity contribution >= 4 is 0 Å². The van der Waals surface area contributed by atoms with Crippen LogP contribution in [0.15, 0.2) is 18.3 Å². The van der Waals surface area contributed by atoms with Gasteiger partial charge in [-0.25, -0.2) is 8.78 Å². The molecule has 4 fully saturated rings. The van der Waals surface area contributed by atoms with Crippen LogP contribution >= 0.6 is 0 Å². The van der Waals surface area contributed by atoms with Crippen molar-refractivity contribution in [2.45, 2.75) is 62.8 Å². The summed E-state index contributed by atoms with van der Waals surface area (Å²) in [4.78, 5) is 8.78. The van der Waals surface area contributed by atoms with E-state index in [1.807, 2.05) is 24.0 Å². The first kappa shape index (κ1) is 25.2. The third-order valence-electron chi connectivity index (χ3n) is 8.54. The third kappa shape index (κ3) is 5.32. The van der Waals surface area contributed by atoms with Gasteiger partial charge in [0.15, 0.2) is 0 Å². The van der Waals surface area contributed by atoms with Crippen molar-refractivity contribution in [3.63, 3.8) is 0 Å². The molecular weight excluding hydrogens is 459 g/mol. The Bertz CT molecular complexity index is 841. The van der Waals surface area contributed by atoms with Crippen molar-refractivity contribution in [2.75, 3.05) is 46.0 Å². The number of piperidine rings is 1. The van der Waals surface area contributed by atoms with Crippen LogP contribution in [0.25, 0.3) is 0 Å². The number of nitrogens with one attached hydrogen (secondary N) is 2. The summed E-state index contributed by atoms with van der Waals surface area (Å²) < 4.78 is 47.2. The van der Waals surface area contributed by atoms with E-state index in [1.54, 1.807) is 6.20 Å². The maximum atomic E-state index is 14.4. The van der Waals surface area contributed by atoms with E-state index in [9.17, 15) is 18.3 Å². The van der Waals surface area contributed by atoms with Crippen LogP contribution in [0.4, 0.5) is 13.2 Å². The number of rotatable bonds is 9. The first-order valence-corrected chi connectivity index (χ1v) is 13.0. The molecule has 1 aliphatic carbocycles. The summed E-state index contributed by atoms with van der Waals surface area (Å²) >= 11 is 0. The molecule has 0 radical (unpaired) electrons. The molecule has 4 aliphatic rings. The van der Waals surface area contributed by atoms with Gasteiger partial charge in [-0.15, -0.1) is 0 Å². The molecule has 5 rings (SSSR count). The zero-order valence-electron chi connectivity index (χ0n) is 20.4. The number of hydrogen-bond donors (Lipinski definition) is 3. The molecule has 0 aromatic carbocycles. The molecule has 0 bridgehead atoms. The summed E-state index contributed by atoms with van der Waals surface area (Å²) in [6, 6.07) is 3.99. The predicted molar refractivity (Wildman–Crippen MR) is 126 cm³/mol. The molecule has 1 aromatic rings. The predicted octanol–water partition coefficient (Wildman–Crippen LogP) is 2.39. The number of fused-ring (bicyclic) bond motifs is 3. The Kier molecular flexibility index (Phi) is 7.56. The van der Waals surface area contributed by atoms with Gasteiger partial charge in [0.1, 0.15) is 18.5 Å². The SMILES string of the molecule is C[C@@H]1CC2C3CNNC3CCC2[C@@H](c2ccc(OC3CN(CCCF)C3)cn2)N1CC(F)(F)CO. The fourth-order valence-corrected chi connectivity index (χ4v) is 6.84. The van der Waals surface area contributed by atoms with Gasteiger partial charge in [-0.05, 0) is 62.5 Å². The lowest BCUT2D eigenvalue weighted by Gasteiger charge is -2.54. The molecule has 4 unspecified atom stereocenters. The first-order valence-electron chi connectivity index (χ1n) is 13.0. The summed E-state index contributed by atoms with van der Waals surface area (Å²) in [5.41, 5.74) is 7.50. The average Bonchev–Trinajstić information content (AvgIpc) is 3.31. The molecule has 0 amide bonds. The van der Waals surface area contributed by atoms with Crippen LogP contribution in [0.5, 0.6) is 5.75 Å². The molecule has 1 saturated carbocycles. The second-order valence-corrected chi connectivity index (χ2v) is 10.9. The summed E-state index contributed by atoms with van der Waals surface area (Å²) in [7, 11) is 0. The van der Waals surface area contributed by atoms with Crippen molar-refractivity contribution in [2.24, 2.45) is 17.8 Å². The van der Waals surface area contributed by atoms with Crippen LogP contribution in [0.1, 0.15) is 44.3 Å². The fraction of sp³-hybridized carbons (Fsp3) is 0.800. The maximum Gasteiger partial charge on any atom is 0.283 e. The third-order valence-corrected chi connectivity index (χ3v) is 8.54. The van der Waals surface area contributed by atoms with Crippen LogP contribution in [0.3, 0.4) is 0 Å². The number of alkyl halides is 3. The maximum absolute atomic E-state index is 14.4. The Labute approximate surface area is 205 Å². The van der Waals surface area contributed by atoms with Gasteiger partial charge in [-0.2, -0.15) is 0 Å². The second kappa shape index (κ2) is 10.5.